The molecule has 4 rings (SSSR count). The van der Waals surface area contributed by atoms with Gasteiger partial charge in [-0.25, -0.2) is 0 Å². The predicted molar refractivity (Wildman–Crippen MR) is 102 cm³/mol. The monoisotopic (exact) mass is 379 g/mol. The molecule has 2 heterocycles. The SMILES string of the molecule is Cc1ccc(-c2noc(CCC(=O)NCc3ccc4c(c3)OCCO4)n2)cc1. The summed E-state index contributed by atoms with van der Waals surface area (Å²) in [6, 6.07) is 13.6. The Labute approximate surface area is 162 Å². The van der Waals surface area contributed by atoms with Gasteiger partial charge < -0.3 is 19.3 Å². The van der Waals surface area contributed by atoms with Crippen LogP contribution < -0.4 is 14.8 Å². The number of ether oxygens (including phenoxy) is 2. The Hall–Kier alpha value is -3.35. The van der Waals surface area contributed by atoms with Crippen LogP contribution in [0.3, 0.4) is 0 Å². The molecule has 1 aliphatic rings. The summed E-state index contributed by atoms with van der Waals surface area (Å²) in [5.41, 5.74) is 3.02. The van der Waals surface area contributed by atoms with E-state index in [0.29, 0.717) is 43.6 Å². The third-order valence-corrected chi connectivity index (χ3v) is 4.44. The number of aryl methyl sites for hydroxylation is 2. The van der Waals surface area contributed by atoms with E-state index in [2.05, 4.69) is 15.5 Å². The number of hydrogen-bond donors (Lipinski definition) is 1. The fraction of sp³-hybridized carbons (Fsp3) is 0.286. The van der Waals surface area contributed by atoms with Crippen molar-refractivity contribution in [2.75, 3.05) is 13.2 Å². The summed E-state index contributed by atoms with van der Waals surface area (Å²) in [6.07, 6.45) is 0.673. The van der Waals surface area contributed by atoms with E-state index >= 15 is 0 Å². The Balaban J connectivity index is 1.27. The first-order valence-corrected chi connectivity index (χ1v) is 9.22. The number of nitrogens with zero attached hydrogens (tertiary/aromatic N) is 2. The first kappa shape index (κ1) is 18.0. The molecule has 1 aromatic heterocycles. The number of rotatable bonds is 6. The van der Waals surface area contributed by atoms with Gasteiger partial charge in [-0.3, -0.25) is 4.79 Å². The molecule has 0 saturated carbocycles. The lowest BCUT2D eigenvalue weighted by Crippen LogP contribution is -2.23. The number of carbonyl (C=O) groups is 1. The number of amides is 1. The fourth-order valence-electron chi connectivity index (χ4n) is 2.88. The maximum atomic E-state index is 12.1. The highest BCUT2D eigenvalue weighted by Gasteiger charge is 2.13. The first-order chi connectivity index (χ1) is 13.7. The van der Waals surface area contributed by atoms with Crippen molar-refractivity contribution in [3.05, 3.63) is 59.5 Å². The van der Waals surface area contributed by atoms with E-state index in [9.17, 15) is 4.79 Å². The molecule has 7 nitrogen and oxygen atoms in total. The van der Waals surface area contributed by atoms with Gasteiger partial charge >= 0.3 is 0 Å². The predicted octanol–water partition coefficient (Wildman–Crippen LogP) is 3.07. The van der Waals surface area contributed by atoms with Crippen molar-refractivity contribution < 1.29 is 18.8 Å². The summed E-state index contributed by atoms with van der Waals surface area (Å²) in [6.45, 7) is 3.55. The summed E-state index contributed by atoms with van der Waals surface area (Å²) >= 11 is 0. The summed E-state index contributed by atoms with van der Waals surface area (Å²) < 4.78 is 16.3. The van der Waals surface area contributed by atoms with Crippen LogP contribution in [0.5, 0.6) is 11.5 Å². The topological polar surface area (TPSA) is 86.5 Å². The third kappa shape index (κ3) is 4.31. The molecular formula is C21H21N3O4. The highest BCUT2D eigenvalue weighted by molar-refractivity contribution is 5.76. The molecular weight excluding hydrogens is 358 g/mol. The molecule has 1 aliphatic heterocycles. The second-order valence-electron chi connectivity index (χ2n) is 6.63. The van der Waals surface area contributed by atoms with Crippen LogP contribution in [-0.2, 0) is 17.8 Å². The highest BCUT2D eigenvalue weighted by atomic mass is 16.6. The van der Waals surface area contributed by atoms with Gasteiger partial charge in [-0.15, -0.1) is 0 Å². The first-order valence-electron chi connectivity index (χ1n) is 9.22. The minimum absolute atomic E-state index is 0.0787. The Morgan fingerprint density at radius 3 is 2.68 bits per heavy atom. The van der Waals surface area contributed by atoms with Gasteiger partial charge in [0.2, 0.25) is 17.6 Å². The minimum atomic E-state index is -0.0787. The second-order valence-corrected chi connectivity index (χ2v) is 6.63. The van der Waals surface area contributed by atoms with Gasteiger partial charge in [0, 0.05) is 24.9 Å². The van der Waals surface area contributed by atoms with Crippen molar-refractivity contribution in [1.29, 1.82) is 0 Å². The maximum Gasteiger partial charge on any atom is 0.227 e. The molecule has 0 spiro atoms. The number of aromatic nitrogens is 2. The second kappa shape index (κ2) is 8.12. The molecule has 144 valence electrons. The molecule has 0 saturated heterocycles. The molecule has 1 amide bonds. The molecule has 0 fully saturated rings. The van der Waals surface area contributed by atoms with Crippen LogP contribution in [0.25, 0.3) is 11.4 Å². The molecule has 0 aliphatic carbocycles. The van der Waals surface area contributed by atoms with Crippen molar-refractivity contribution in [3.63, 3.8) is 0 Å². The lowest BCUT2D eigenvalue weighted by atomic mass is 10.1. The highest BCUT2D eigenvalue weighted by Crippen LogP contribution is 2.30. The molecule has 7 heteroatoms. The van der Waals surface area contributed by atoms with E-state index in [-0.39, 0.29) is 12.3 Å². The molecule has 2 aromatic carbocycles. The van der Waals surface area contributed by atoms with Gasteiger partial charge in [-0.1, -0.05) is 41.1 Å². The van der Waals surface area contributed by atoms with E-state index in [1.165, 1.54) is 5.56 Å². The van der Waals surface area contributed by atoms with Crippen molar-refractivity contribution in [2.45, 2.75) is 26.3 Å². The molecule has 0 radical (unpaired) electrons. The van der Waals surface area contributed by atoms with Crippen LogP contribution in [0.1, 0.15) is 23.4 Å². The van der Waals surface area contributed by atoms with E-state index in [4.69, 9.17) is 14.0 Å². The number of fused-ring (bicyclic) bond motifs is 1. The summed E-state index contributed by atoms with van der Waals surface area (Å²) in [5, 5.41) is 6.88. The Kier molecular flexibility index (Phi) is 5.23. The van der Waals surface area contributed by atoms with E-state index < -0.39 is 0 Å². The van der Waals surface area contributed by atoms with Gasteiger partial charge in [-0.05, 0) is 24.6 Å². The molecule has 0 atom stereocenters. The van der Waals surface area contributed by atoms with Gasteiger partial charge in [-0.2, -0.15) is 4.98 Å². The quantitative estimate of drug-likeness (QED) is 0.708. The van der Waals surface area contributed by atoms with E-state index in [0.717, 1.165) is 16.9 Å². The standard InChI is InChI=1S/C21H21N3O4/c1-14-2-5-16(6-3-14)21-23-20(28-24-21)9-8-19(25)22-13-15-4-7-17-18(12-15)27-11-10-26-17/h2-7,12H,8-11,13H2,1H3,(H,22,25). The summed E-state index contributed by atoms with van der Waals surface area (Å²) in [5.74, 6) is 2.36. The van der Waals surface area contributed by atoms with Crippen LogP contribution >= 0.6 is 0 Å². The van der Waals surface area contributed by atoms with Crippen LogP contribution in [-0.4, -0.2) is 29.3 Å². The van der Waals surface area contributed by atoms with Crippen molar-refractivity contribution >= 4 is 5.91 Å². The average Bonchev–Trinajstić information content (AvgIpc) is 3.20. The summed E-state index contributed by atoms with van der Waals surface area (Å²) in [4.78, 5) is 16.5. The Morgan fingerprint density at radius 2 is 1.86 bits per heavy atom. The van der Waals surface area contributed by atoms with Crippen molar-refractivity contribution in [3.8, 4) is 22.9 Å². The molecule has 0 unspecified atom stereocenters. The Morgan fingerprint density at radius 1 is 1.07 bits per heavy atom. The van der Waals surface area contributed by atoms with Gasteiger partial charge in [0.25, 0.3) is 0 Å². The lowest BCUT2D eigenvalue weighted by Gasteiger charge is -2.18. The summed E-state index contributed by atoms with van der Waals surface area (Å²) in [7, 11) is 0. The van der Waals surface area contributed by atoms with Crippen molar-refractivity contribution in [1.82, 2.24) is 15.5 Å². The smallest absolute Gasteiger partial charge is 0.227 e. The van der Waals surface area contributed by atoms with Gasteiger partial charge in [0.1, 0.15) is 13.2 Å². The van der Waals surface area contributed by atoms with Crippen LogP contribution in [0.15, 0.2) is 47.0 Å². The number of hydrogen-bond acceptors (Lipinski definition) is 6. The largest absolute Gasteiger partial charge is 0.486 e. The number of carbonyl (C=O) groups excluding carboxylic acids is 1. The van der Waals surface area contributed by atoms with Crippen molar-refractivity contribution in [2.24, 2.45) is 0 Å². The maximum absolute atomic E-state index is 12.1. The molecule has 3 aromatic rings. The lowest BCUT2D eigenvalue weighted by molar-refractivity contribution is -0.121. The zero-order chi connectivity index (χ0) is 19.3. The Bertz CT molecular complexity index is 966. The van der Waals surface area contributed by atoms with Gasteiger partial charge in [0.05, 0.1) is 0 Å². The van der Waals surface area contributed by atoms with Crippen LogP contribution in [0.2, 0.25) is 0 Å². The zero-order valence-electron chi connectivity index (χ0n) is 15.6. The molecule has 0 bridgehead atoms. The van der Waals surface area contributed by atoms with Gasteiger partial charge in [0.15, 0.2) is 11.5 Å². The fourth-order valence-corrected chi connectivity index (χ4v) is 2.88. The average molecular weight is 379 g/mol. The third-order valence-electron chi connectivity index (χ3n) is 4.44. The van der Waals surface area contributed by atoms with Crippen LogP contribution in [0.4, 0.5) is 0 Å². The molecule has 28 heavy (non-hydrogen) atoms. The van der Waals surface area contributed by atoms with E-state index in [1.807, 2.05) is 49.4 Å². The normalized spacial score (nSPS) is 12.6. The van der Waals surface area contributed by atoms with E-state index in [1.54, 1.807) is 0 Å². The number of benzene rings is 2. The minimum Gasteiger partial charge on any atom is -0.486 e. The van der Waals surface area contributed by atoms with Crippen LogP contribution in [0, 0.1) is 6.92 Å². The zero-order valence-corrected chi connectivity index (χ0v) is 15.6. The molecule has 1 N–H and O–H groups in total. The number of nitrogens with one attached hydrogen (secondary N) is 1.